The molecule has 18 heavy (non-hydrogen) atoms. The summed E-state index contributed by atoms with van der Waals surface area (Å²) >= 11 is 0. The lowest BCUT2D eigenvalue weighted by Gasteiger charge is -2.43. The summed E-state index contributed by atoms with van der Waals surface area (Å²) in [6.07, 6.45) is 0. The molecule has 0 aromatic heterocycles. The molecule has 0 spiro atoms. The maximum atomic E-state index is 2.51. The van der Waals surface area contributed by atoms with Gasteiger partial charge in [-0.3, -0.25) is 0 Å². The van der Waals surface area contributed by atoms with Crippen LogP contribution in [0.15, 0.2) is 22.3 Å². The van der Waals surface area contributed by atoms with E-state index < -0.39 is 16.1 Å². The summed E-state index contributed by atoms with van der Waals surface area (Å²) in [6, 6.07) is 0. The van der Waals surface area contributed by atoms with Crippen molar-refractivity contribution in [2.24, 2.45) is 0 Å². The van der Waals surface area contributed by atoms with Crippen LogP contribution >= 0.6 is 0 Å². The topological polar surface area (TPSA) is 0 Å². The first-order chi connectivity index (χ1) is 7.89. The van der Waals surface area contributed by atoms with Gasteiger partial charge in [0.15, 0.2) is 0 Å². The number of hydrogen-bond donors (Lipinski definition) is 0. The minimum atomic E-state index is -1.16. The smallest absolute Gasteiger partial charge is 0.0564 e. The first-order valence-corrected chi connectivity index (χ1v) is 14.4. The average molecular weight is 281 g/mol. The van der Waals surface area contributed by atoms with E-state index in [1.807, 2.05) is 0 Å². The highest BCUT2D eigenvalue weighted by atomic mass is 28.3. The first-order valence-electron chi connectivity index (χ1n) is 7.23. The van der Waals surface area contributed by atoms with E-state index in [0.717, 1.165) is 11.1 Å². The van der Waals surface area contributed by atoms with Gasteiger partial charge < -0.3 is 0 Å². The van der Waals surface area contributed by atoms with E-state index in [0.29, 0.717) is 0 Å². The predicted molar refractivity (Wildman–Crippen MR) is 90.9 cm³/mol. The highest BCUT2D eigenvalue weighted by molar-refractivity contribution is 6.80. The molecule has 0 aliphatic heterocycles. The van der Waals surface area contributed by atoms with E-state index in [-0.39, 0.29) is 0 Å². The minimum Gasteiger partial charge on any atom is -0.0696 e. The maximum Gasteiger partial charge on any atom is 0.0564 e. The van der Waals surface area contributed by atoms with E-state index in [4.69, 9.17) is 0 Å². The van der Waals surface area contributed by atoms with Gasteiger partial charge >= 0.3 is 0 Å². The lowest BCUT2D eigenvalue weighted by molar-refractivity contribution is 0.872. The number of allylic oxidation sites excluding steroid dienone is 4. The van der Waals surface area contributed by atoms with E-state index in [2.05, 4.69) is 67.0 Å². The van der Waals surface area contributed by atoms with Crippen LogP contribution in [0.3, 0.4) is 0 Å². The fourth-order valence-electron chi connectivity index (χ4n) is 4.16. The zero-order chi connectivity index (χ0) is 14.5. The van der Waals surface area contributed by atoms with Crippen LogP contribution in [-0.4, -0.2) is 16.1 Å². The van der Waals surface area contributed by atoms with E-state index in [1.165, 1.54) is 0 Å². The Bertz CT molecular complexity index is 336. The van der Waals surface area contributed by atoms with E-state index >= 15 is 0 Å². The van der Waals surface area contributed by atoms with Crippen LogP contribution < -0.4 is 0 Å². The SMILES string of the molecule is CC1=C(C)C([Si](C)(C)C)C(C)=C(C)C1[Si](C)(C)C. The third kappa shape index (κ3) is 2.74. The van der Waals surface area contributed by atoms with Crippen LogP contribution in [0.1, 0.15) is 27.7 Å². The Hall–Kier alpha value is -0.0862. The van der Waals surface area contributed by atoms with Gasteiger partial charge in [0.2, 0.25) is 0 Å². The summed E-state index contributed by atoms with van der Waals surface area (Å²) in [5.41, 5.74) is 8.33. The molecule has 0 nitrogen and oxygen atoms in total. The third-order valence-corrected chi connectivity index (χ3v) is 9.90. The van der Waals surface area contributed by atoms with Gasteiger partial charge in [-0.2, -0.15) is 0 Å². The van der Waals surface area contributed by atoms with Crippen molar-refractivity contribution >= 4 is 16.1 Å². The summed E-state index contributed by atoms with van der Waals surface area (Å²) in [5, 5.41) is 0. The van der Waals surface area contributed by atoms with E-state index in [1.54, 1.807) is 22.3 Å². The van der Waals surface area contributed by atoms with Gasteiger partial charge in [0, 0.05) is 0 Å². The molecule has 0 saturated heterocycles. The first kappa shape index (κ1) is 16.0. The molecule has 0 aromatic rings. The molecule has 1 aliphatic rings. The summed E-state index contributed by atoms with van der Waals surface area (Å²) in [4.78, 5) is 0. The molecule has 1 rings (SSSR count). The second kappa shape index (κ2) is 4.79. The normalized spacial score (nSPS) is 27.0. The molecule has 0 atom stereocenters. The van der Waals surface area contributed by atoms with Crippen LogP contribution in [0.4, 0.5) is 0 Å². The summed E-state index contributed by atoms with van der Waals surface area (Å²) in [6.45, 7) is 24.7. The molecule has 0 amide bonds. The van der Waals surface area contributed by atoms with Crippen molar-refractivity contribution in [3.63, 3.8) is 0 Å². The third-order valence-electron chi connectivity index (χ3n) is 4.71. The zero-order valence-electron chi connectivity index (χ0n) is 14.2. The summed E-state index contributed by atoms with van der Waals surface area (Å²) in [7, 11) is -2.31. The van der Waals surface area contributed by atoms with Crippen LogP contribution in [0.25, 0.3) is 0 Å². The fraction of sp³-hybridized carbons (Fsp3) is 0.750. The molecule has 0 unspecified atom stereocenters. The number of rotatable bonds is 2. The summed E-state index contributed by atoms with van der Waals surface area (Å²) < 4.78 is 0. The predicted octanol–water partition coefficient (Wildman–Crippen LogP) is 6.09. The molecule has 0 heterocycles. The van der Waals surface area contributed by atoms with Crippen LogP contribution in [0.5, 0.6) is 0 Å². The van der Waals surface area contributed by atoms with Crippen molar-refractivity contribution < 1.29 is 0 Å². The Balaban J connectivity index is 3.42. The number of hydrogen-bond acceptors (Lipinski definition) is 0. The Kier molecular flexibility index (Phi) is 4.25. The fourth-order valence-corrected chi connectivity index (χ4v) is 10.3. The maximum absolute atomic E-state index is 2.51. The van der Waals surface area contributed by atoms with Crippen molar-refractivity contribution in [3.05, 3.63) is 22.3 Å². The molecule has 0 aromatic carbocycles. The van der Waals surface area contributed by atoms with Crippen LogP contribution in [-0.2, 0) is 0 Å². The Morgan fingerprint density at radius 1 is 0.500 bits per heavy atom. The molecule has 2 heteroatoms. The van der Waals surface area contributed by atoms with Gasteiger partial charge in [-0.1, -0.05) is 61.6 Å². The highest BCUT2D eigenvalue weighted by Crippen LogP contribution is 2.51. The minimum absolute atomic E-state index is 0.769. The van der Waals surface area contributed by atoms with Gasteiger partial charge in [-0.05, 0) is 38.8 Å². The molecule has 104 valence electrons. The molecule has 1 aliphatic carbocycles. The monoisotopic (exact) mass is 280 g/mol. The Morgan fingerprint density at radius 3 is 0.778 bits per heavy atom. The molecule has 0 radical (unpaired) electrons. The zero-order valence-corrected chi connectivity index (χ0v) is 16.2. The largest absolute Gasteiger partial charge is 0.0696 e. The van der Waals surface area contributed by atoms with Crippen molar-refractivity contribution in [3.8, 4) is 0 Å². The van der Waals surface area contributed by atoms with Gasteiger partial charge in [0.1, 0.15) is 0 Å². The molecule has 0 N–H and O–H groups in total. The quantitative estimate of drug-likeness (QED) is 0.424. The van der Waals surface area contributed by atoms with Crippen molar-refractivity contribution in [2.75, 3.05) is 0 Å². The van der Waals surface area contributed by atoms with Crippen molar-refractivity contribution in [2.45, 2.75) is 78.1 Å². The summed E-state index contributed by atoms with van der Waals surface area (Å²) in [5.74, 6) is 0. The molecule has 0 bridgehead atoms. The lowest BCUT2D eigenvalue weighted by Crippen LogP contribution is -2.38. The van der Waals surface area contributed by atoms with Crippen LogP contribution in [0, 0.1) is 0 Å². The lowest BCUT2D eigenvalue weighted by atomic mass is 9.87. The second-order valence-corrected chi connectivity index (χ2v) is 18.9. The molecule has 0 fully saturated rings. The van der Waals surface area contributed by atoms with Crippen molar-refractivity contribution in [1.29, 1.82) is 0 Å². The standard InChI is InChI=1S/C16H32Si2/c1-11-12(2)16(18(8,9)10)14(4)13(3)15(11)17(5,6)7/h15-16H,1-10H3. The Labute approximate surface area is 117 Å². The molecular weight excluding hydrogens is 248 g/mol. The van der Waals surface area contributed by atoms with Gasteiger partial charge in [-0.15, -0.1) is 0 Å². The molecular formula is C16H32Si2. The van der Waals surface area contributed by atoms with Gasteiger partial charge in [0.05, 0.1) is 16.1 Å². The van der Waals surface area contributed by atoms with Crippen LogP contribution in [0.2, 0.25) is 50.4 Å². The van der Waals surface area contributed by atoms with Gasteiger partial charge in [-0.25, -0.2) is 0 Å². The average Bonchev–Trinajstić information content (AvgIpc) is 2.10. The Morgan fingerprint density at radius 2 is 0.667 bits per heavy atom. The van der Waals surface area contributed by atoms with Gasteiger partial charge in [0.25, 0.3) is 0 Å². The van der Waals surface area contributed by atoms with Crippen molar-refractivity contribution in [1.82, 2.24) is 0 Å². The van der Waals surface area contributed by atoms with E-state index in [9.17, 15) is 0 Å². The molecule has 0 saturated carbocycles. The second-order valence-electron chi connectivity index (χ2n) is 8.33. The highest BCUT2D eigenvalue weighted by Gasteiger charge is 2.40.